The Morgan fingerprint density at radius 2 is 2.12 bits per heavy atom. The number of benzene rings is 1. The van der Waals surface area contributed by atoms with Crippen molar-refractivity contribution in [3.8, 4) is 0 Å². The molecular formula is C26H33N5OS. The summed E-state index contributed by atoms with van der Waals surface area (Å²) < 4.78 is 0. The van der Waals surface area contributed by atoms with E-state index in [1.165, 1.54) is 29.0 Å². The van der Waals surface area contributed by atoms with Crippen molar-refractivity contribution in [1.29, 1.82) is 0 Å². The number of amides is 1. The number of hydrogen-bond donors (Lipinski definition) is 1. The van der Waals surface area contributed by atoms with Crippen molar-refractivity contribution in [2.24, 2.45) is 5.92 Å². The SMILES string of the molecule is CCc1cc2c(N3CCC[C@H](C(=O)NCCCN4CCCc5ccccc54)C3)ncnc2s1. The second-order valence-corrected chi connectivity index (χ2v) is 10.2. The van der Waals surface area contributed by atoms with E-state index in [1.54, 1.807) is 17.7 Å². The molecule has 0 radical (unpaired) electrons. The lowest BCUT2D eigenvalue weighted by Crippen LogP contribution is -2.44. The standard InChI is InChI=1S/C26H33N5OS/c1-2-21-16-22-24(28-18-29-26(22)33-21)31-14-6-10-20(17-31)25(32)27-12-7-15-30-13-5-9-19-8-3-4-11-23(19)30/h3-4,8,11,16,18,20H,2,5-7,9-10,12-15,17H2,1H3,(H,27,32)/t20-/m0/s1. The average Bonchev–Trinajstić information content (AvgIpc) is 3.30. The van der Waals surface area contributed by atoms with Crippen molar-refractivity contribution in [2.75, 3.05) is 42.5 Å². The molecule has 0 aliphatic carbocycles. The molecule has 6 nitrogen and oxygen atoms in total. The first-order valence-electron chi connectivity index (χ1n) is 12.3. The molecule has 0 saturated carbocycles. The molecule has 0 unspecified atom stereocenters. The first-order chi connectivity index (χ1) is 16.2. The summed E-state index contributed by atoms with van der Waals surface area (Å²) in [6.45, 7) is 6.68. The number of nitrogens with one attached hydrogen (secondary N) is 1. The van der Waals surface area contributed by atoms with E-state index in [4.69, 9.17) is 0 Å². The van der Waals surface area contributed by atoms with Crippen LogP contribution in [0.25, 0.3) is 10.2 Å². The van der Waals surface area contributed by atoms with Gasteiger partial charge in [-0.3, -0.25) is 4.79 Å². The summed E-state index contributed by atoms with van der Waals surface area (Å²) in [7, 11) is 0. The van der Waals surface area contributed by atoms with Crippen LogP contribution in [0.5, 0.6) is 0 Å². The van der Waals surface area contributed by atoms with Crippen molar-refractivity contribution in [3.05, 3.63) is 47.1 Å². The van der Waals surface area contributed by atoms with Gasteiger partial charge < -0.3 is 15.1 Å². The third kappa shape index (κ3) is 4.83. The highest BCUT2D eigenvalue weighted by Crippen LogP contribution is 2.32. The first kappa shape index (κ1) is 22.1. The van der Waals surface area contributed by atoms with E-state index in [2.05, 4.69) is 62.3 Å². The average molecular weight is 464 g/mol. The fourth-order valence-electron chi connectivity index (χ4n) is 5.17. The Morgan fingerprint density at radius 1 is 1.21 bits per heavy atom. The lowest BCUT2D eigenvalue weighted by Gasteiger charge is -2.33. The molecule has 7 heteroatoms. The molecule has 33 heavy (non-hydrogen) atoms. The Bertz CT molecular complexity index is 1110. The zero-order valence-corrected chi connectivity index (χ0v) is 20.2. The van der Waals surface area contributed by atoms with Crippen LogP contribution in [0.2, 0.25) is 0 Å². The molecule has 1 saturated heterocycles. The van der Waals surface area contributed by atoms with E-state index in [9.17, 15) is 4.79 Å². The second-order valence-electron chi connectivity index (χ2n) is 9.13. The van der Waals surface area contributed by atoms with E-state index in [1.807, 2.05) is 0 Å². The summed E-state index contributed by atoms with van der Waals surface area (Å²) >= 11 is 1.74. The minimum atomic E-state index is 0.0174. The smallest absolute Gasteiger partial charge is 0.224 e. The van der Waals surface area contributed by atoms with Crippen molar-refractivity contribution >= 4 is 39.0 Å². The number of rotatable bonds is 7. The lowest BCUT2D eigenvalue weighted by atomic mass is 9.97. The van der Waals surface area contributed by atoms with Gasteiger partial charge in [0.25, 0.3) is 0 Å². The van der Waals surface area contributed by atoms with Crippen LogP contribution in [-0.4, -0.2) is 48.6 Å². The molecule has 2 aromatic heterocycles. The topological polar surface area (TPSA) is 61.4 Å². The van der Waals surface area contributed by atoms with Gasteiger partial charge in [-0.25, -0.2) is 9.97 Å². The molecule has 3 aromatic rings. The number of hydrogen-bond acceptors (Lipinski definition) is 6. The van der Waals surface area contributed by atoms with E-state index < -0.39 is 0 Å². The molecule has 2 aliphatic rings. The van der Waals surface area contributed by atoms with Crippen molar-refractivity contribution in [3.63, 3.8) is 0 Å². The van der Waals surface area contributed by atoms with E-state index in [0.29, 0.717) is 0 Å². The fraction of sp³-hybridized carbons (Fsp3) is 0.500. The van der Waals surface area contributed by atoms with Crippen molar-refractivity contribution < 1.29 is 4.79 Å². The van der Waals surface area contributed by atoms with Gasteiger partial charge in [0.15, 0.2) is 0 Å². The number of fused-ring (bicyclic) bond motifs is 2. The number of aromatic nitrogens is 2. The van der Waals surface area contributed by atoms with Gasteiger partial charge in [0.2, 0.25) is 5.91 Å². The van der Waals surface area contributed by atoms with Gasteiger partial charge in [0.05, 0.1) is 11.3 Å². The molecule has 1 atom stereocenters. The molecule has 4 heterocycles. The number of anilines is 2. The zero-order chi connectivity index (χ0) is 22.6. The predicted molar refractivity (Wildman–Crippen MR) is 136 cm³/mol. The minimum absolute atomic E-state index is 0.0174. The Morgan fingerprint density at radius 3 is 3.03 bits per heavy atom. The number of carbonyl (C=O) groups excluding carboxylic acids is 1. The zero-order valence-electron chi connectivity index (χ0n) is 19.4. The number of piperidine rings is 1. The highest BCUT2D eigenvalue weighted by Gasteiger charge is 2.27. The molecule has 0 spiro atoms. The van der Waals surface area contributed by atoms with Crippen molar-refractivity contribution in [1.82, 2.24) is 15.3 Å². The maximum absolute atomic E-state index is 13.0. The summed E-state index contributed by atoms with van der Waals surface area (Å²) in [5.41, 5.74) is 2.82. The summed E-state index contributed by atoms with van der Waals surface area (Å²) in [5.74, 6) is 1.18. The largest absolute Gasteiger partial charge is 0.371 e. The Hall–Kier alpha value is -2.67. The maximum atomic E-state index is 13.0. The molecule has 174 valence electrons. The monoisotopic (exact) mass is 463 g/mol. The number of aryl methyl sites for hydroxylation is 2. The molecule has 0 bridgehead atoms. The van der Waals surface area contributed by atoms with Crippen LogP contribution >= 0.6 is 11.3 Å². The third-order valence-corrected chi connectivity index (χ3v) is 8.10. The molecule has 1 amide bonds. The highest BCUT2D eigenvalue weighted by atomic mass is 32.1. The number of para-hydroxylation sites is 1. The van der Waals surface area contributed by atoms with Gasteiger partial charge >= 0.3 is 0 Å². The van der Waals surface area contributed by atoms with Crippen molar-refractivity contribution in [2.45, 2.75) is 45.4 Å². The summed E-state index contributed by atoms with van der Waals surface area (Å²) in [6, 6.07) is 10.9. The van der Waals surface area contributed by atoms with Crippen LogP contribution in [0.15, 0.2) is 36.7 Å². The molecule has 2 aliphatic heterocycles. The van der Waals surface area contributed by atoms with Gasteiger partial charge in [-0.15, -0.1) is 11.3 Å². The minimum Gasteiger partial charge on any atom is -0.371 e. The molecule has 1 N–H and O–H groups in total. The highest BCUT2D eigenvalue weighted by molar-refractivity contribution is 7.18. The number of nitrogens with zero attached hydrogens (tertiary/aromatic N) is 4. The van der Waals surface area contributed by atoms with Gasteiger partial charge in [0.1, 0.15) is 17.0 Å². The van der Waals surface area contributed by atoms with Gasteiger partial charge in [-0.1, -0.05) is 25.1 Å². The fourth-order valence-corrected chi connectivity index (χ4v) is 6.10. The van der Waals surface area contributed by atoms with Crippen LogP contribution in [0.4, 0.5) is 11.5 Å². The van der Waals surface area contributed by atoms with Gasteiger partial charge in [0, 0.05) is 43.3 Å². The van der Waals surface area contributed by atoms with Crippen LogP contribution in [0, 0.1) is 5.92 Å². The quantitative estimate of drug-likeness (QED) is 0.525. The molecular weight excluding hydrogens is 430 g/mol. The molecule has 5 rings (SSSR count). The summed E-state index contributed by atoms with van der Waals surface area (Å²) in [6.07, 6.45) is 7.98. The number of carbonyl (C=O) groups is 1. The Kier molecular flexibility index (Phi) is 6.76. The van der Waals surface area contributed by atoms with Crippen LogP contribution in [-0.2, 0) is 17.6 Å². The van der Waals surface area contributed by atoms with Crippen LogP contribution in [0.1, 0.15) is 43.0 Å². The predicted octanol–water partition coefficient (Wildman–Crippen LogP) is 4.43. The normalized spacial score (nSPS) is 18.4. The van der Waals surface area contributed by atoms with Gasteiger partial charge in [-0.05, 0) is 56.2 Å². The van der Waals surface area contributed by atoms with E-state index >= 15 is 0 Å². The number of thiophene rings is 1. The lowest BCUT2D eigenvalue weighted by molar-refractivity contribution is -0.125. The third-order valence-electron chi connectivity index (χ3n) is 6.91. The second kappa shape index (κ2) is 10.1. The van der Waals surface area contributed by atoms with Gasteiger partial charge in [-0.2, -0.15) is 0 Å². The Balaban J connectivity index is 1.15. The molecule has 1 aromatic carbocycles. The Labute approximate surface area is 200 Å². The van der Waals surface area contributed by atoms with Crippen LogP contribution in [0.3, 0.4) is 0 Å². The first-order valence-corrected chi connectivity index (χ1v) is 13.1. The van der Waals surface area contributed by atoms with Crippen LogP contribution < -0.4 is 15.1 Å². The molecule has 1 fully saturated rings. The summed E-state index contributed by atoms with van der Waals surface area (Å²) in [5, 5.41) is 4.34. The van der Waals surface area contributed by atoms with E-state index in [0.717, 1.165) is 74.4 Å². The maximum Gasteiger partial charge on any atom is 0.224 e. The summed E-state index contributed by atoms with van der Waals surface area (Å²) in [4.78, 5) is 29.1. The van der Waals surface area contributed by atoms with E-state index in [-0.39, 0.29) is 11.8 Å².